The fraction of sp³-hybridized carbons (Fsp3) is 0.538. The summed E-state index contributed by atoms with van der Waals surface area (Å²) in [5.41, 5.74) is 8.96. The van der Waals surface area contributed by atoms with Crippen molar-refractivity contribution < 1.29 is 5.11 Å². The van der Waals surface area contributed by atoms with Gasteiger partial charge in [-0.1, -0.05) is 20.8 Å². The molecule has 0 aliphatic heterocycles. The molecule has 0 saturated carbocycles. The second-order valence-corrected chi connectivity index (χ2v) is 5.26. The summed E-state index contributed by atoms with van der Waals surface area (Å²) in [6, 6.07) is 3.83. The minimum Gasteiger partial charge on any atom is -0.508 e. The molecule has 0 amide bonds. The highest BCUT2D eigenvalue weighted by atomic mass is 16.3. The Hall–Kier alpha value is -1.02. The van der Waals surface area contributed by atoms with Crippen molar-refractivity contribution >= 4 is 0 Å². The van der Waals surface area contributed by atoms with E-state index in [0.717, 1.165) is 16.7 Å². The van der Waals surface area contributed by atoms with Gasteiger partial charge in [-0.3, -0.25) is 0 Å². The lowest BCUT2D eigenvalue weighted by molar-refractivity contribution is 0.445. The fourth-order valence-electron chi connectivity index (χ4n) is 1.80. The van der Waals surface area contributed by atoms with E-state index >= 15 is 0 Å². The van der Waals surface area contributed by atoms with Gasteiger partial charge in [0.25, 0.3) is 0 Å². The largest absolute Gasteiger partial charge is 0.508 e. The van der Waals surface area contributed by atoms with Gasteiger partial charge in [-0.15, -0.1) is 0 Å². The average molecular weight is 207 g/mol. The lowest BCUT2D eigenvalue weighted by Crippen LogP contribution is -2.14. The standard InChI is InChI=1S/C13H21NO/c1-8-6-12(15)11(13(3,4)5)7-10(8)9(2)14/h6-7,9,15H,14H2,1-5H3. The Labute approximate surface area is 92.1 Å². The Morgan fingerprint density at radius 2 is 1.80 bits per heavy atom. The van der Waals surface area contributed by atoms with Crippen LogP contribution in [0.2, 0.25) is 0 Å². The third-order valence-electron chi connectivity index (χ3n) is 2.68. The second-order valence-electron chi connectivity index (χ2n) is 5.26. The molecular formula is C13H21NO. The van der Waals surface area contributed by atoms with E-state index in [1.807, 2.05) is 19.9 Å². The van der Waals surface area contributed by atoms with Gasteiger partial charge in [0, 0.05) is 6.04 Å². The Morgan fingerprint density at radius 1 is 1.27 bits per heavy atom. The molecule has 1 atom stereocenters. The molecule has 0 aliphatic rings. The Bertz CT molecular complexity index is 362. The van der Waals surface area contributed by atoms with Crippen LogP contribution in [0.15, 0.2) is 12.1 Å². The van der Waals surface area contributed by atoms with Crippen molar-refractivity contribution in [3.8, 4) is 5.75 Å². The van der Waals surface area contributed by atoms with Crippen LogP contribution in [0, 0.1) is 6.92 Å². The number of rotatable bonds is 1. The SMILES string of the molecule is Cc1cc(O)c(C(C)(C)C)cc1C(C)N. The number of phenols is 1. The summed E-state index contributed by atoms with van der Waals surface area (Å²) in [5.74, 6) is 0.365. The van der Waals surface area contributed by atoms with Crippen LogP contribution in [-0.4, -0.2) is 5.11 Å². The first-order chi connectivity index (χ1) is 6.73. The van der Waals surface area contributed by atoms with Gasteiger partial charge < -0.3 is 10.8 Å². The van der Waals surface area contributed by atoms with Crippen LogP contribution in [-0.2, 0) is 5.41 Å². The third-order valence-corrected chi connectivity index (χ3v) is 2.68. The average Bonchev–Trinajstić information content (AvgIpc) is 2.00. The van der Waals surface area contributed by atoms with Crippen molar-refractivity contribution in [3.63, 3.8) is 0 Å². The van der Waals surface area contributed by atoms with Crippen molar-refractivity contribution in [3.05, 3.63) is 28.8 Å². The molecule has 3 N–H and O–H groups in total. The molecule has 0 radical (unpaired) electrons. The highest BCUT2D eigenvalue weighted by Gasteiger charge is 2.20. The van der Waals surface area contributed by atoms with Gasteiger partial charge in [0.15, 0.2) is 0 Å². The Balaban J connectivity index is 3.37. The monoisotopic (exact) mass is 207 g/mol. The number of benzene rings is 1. The zero-order valence-electron chi connectivity index (χ0n) is 10.3. The molecule has 0 heterocycles. The molecule has 0 fully saturated rings. The van der Waals surface area contributed by atoms with E-state index in [4.69, 9.17) is 5.73 Å². The number of aromatic hydroxyl groups is 1. The summed E-state index contributed by atoms with van der Waals surface area (Å²) in [6.45, 7) is 10.2. The summed E-state index contributed by atoms with van der Waals surface area (Å²) in [4.78, 5) is 0. The van der Waals surface area contributed by atoms with Gasteiger partial charge in [-0.2, -0.15) is 0 Å². The van der Waals surface area contributed by atoms with E-state index in [1.165, 1.54) is 0 Å². The van der Waals surface area contributed by atoms with Crippen LogP contribution in [0.5, 0.6) is 5.75 Å². The number of phenolic OH excluding ortho intramolecular Hbond substituents is 1. The molecule has 15 heavy (non-hydrogen) atoms. The normalized spacial score (nSPS) is 14.0. The van der Waals surface area contributed by atoms with Crippen molar-refractivity contribution in [2.45, 2.75) is 46.1 Å². The Morgan fingerprint density at radius 3 is 2.20 bits per heavy atom. The first-order valence-electron chi connectivity index (χ1n) is 5.33. The highest BCUT2D eigenvalue weighted by molar-refractivity contribution is 5.45. The fourth-order valence-corrected chi connectivity index (χ4v) is 1.80. The first kappa shape index (κ1) is 12.1. The predicted molar refractivity (Wildman–Crippen MR) is 64.1 cm³/mol. The van der Waals surface area contributed by atoms with Crippen molar-refractivity contribution in [1.82, 2.24) is 0 Å². The topological polar surface area (TPSA) is 46.2 Å². The van der Waals surface area contributed by atoms with Crippen molar-refractivity contribution in [2.75, 3.05) is 0 Å². The molecule has 2 heteroatoms. The van der Waals surface area contributed by atoms with Gasteiger partial charge in [-0.05, 0) is 48.1 Å². The quantitative estimate of drug-likeness (QED) is 0.743. The third kappa shape index (κ3) is 2.51. The Kier molecular flexibility index (Phi) is 3.10. The van der Waals surface area contributed by atoms with E-state index < -0.39 is 0 Å². The number of nitrogens with two attached hydrogens (primary N) is 1. The maximum Gasteiger partial charge on any atom is 0.119 e. The van der Waals surface area contributed by atoms with Crippen molar-refractivity contribution in [1.29, 1.82) is 0 Å². The van der Waals surface area contributed by atoms with Gasteiger partial charge in [0.2, 0.25) is 0 Å². The summed E-state index contributed by atoms with van der Waals surface area (Å²) in [6.07, 6.45) is 0. The number of hydrogen-bond donors (Lipinski definition) is 2. The molecule has 0 aliphatic carbocycles. The van der Waals surface area contributed by atoms with Crippen LogP contribution >= 0.6 is 0 Å². The molecule has 1 aromatic rings. The summed E-state index contributed by atoms with van der Waals surface area (Å²) < 4.78 is 0. The zero-order chi connectivity index (χ0) is 11.8. The molecule has 0 spiro atoms. The van der Waals surface area contributed by atoms with Crippen LogP contribution < -0.4 is 5.73 Å². The van der Waals surface area contributed by atoms with Crippen LogP contribution in [0.3, 0.4) is 0 Å². The molecule has 0 saturated heterocycles. The minimum atomic E-state index is -0.0541. The molecule has 1 rings (SSSR count). The smallest absolute Gasteiger partial charge is 0.119 e. The molecule has 2 nitrogen and oxygen atoms in total. The number of aryl methyl sites for hydroxylation is 1. The first-order valence-corrected chi connectivity index (χ1v) is 5.33. The summed E-state index contributed by atoms with van der Waals surface area (Å²) in [7, 11) is 0. The maximum atomic E-state index is 9.89. The molecular weight excluding hydrogens is 186 g/mol. The molecule has 0 bridgehead atoms. The molecule has 84 valence electrons. The highest BCUT2D eigenvalue weighted by Crippen LogP contribution is 2.34. The van der Waals surface area contributed by atoms with E-state index in [0.29, 0.717) is 5.75 Å². The molecule has 0 aromatic heterocycles. The van der Waals surface area contributed by atoms with E-state index in [2.05, 4.69) is 20.8 Å². The van der Waals surface area contributed by atoms with Gasteiger partial charge in [0.05, 0.1) is 0 Å². The molecule has 1 aromatic carbocycles. The van der Waals surface area contributed by atoms with Gasteiger partial charge in [0.1, 0.15) is 5.75 Å². The van der Waals surface area contributed by atoms with Gasteiger partial charge in [-0.25, -0.2) is 0 Å². The van der Waals surface area contributed by atoms with E-state index in [-0.39, 0.29) is 11.5 Å². The van der Waals surface area contributed by atoms with E-state index in [9.17, 15) is 5.11 Å². The predicted octanol–water partition coefficient (Wildman–Crippen LogP) is 3.02. The number of hydrogen-bond acceptors (Lipinski definition) is 2. The summed E-state index contributed by atoms with van der Waals surface area (Å²) >= 11 is 0. The zero-order valence-corrected chi connectivity index (χ0v) is 10.3. The van der Waals surface area contributed by atoms with Gasteiger partial charge >= 0.3 is 0 Å². The minimum absolute atomic E-state index is 0.00620. The lowest BCUT2D eigenvalue weighted by Gasteiger charge is -2.23. The van der Waals surface area contributed by atoms with Crippen molar-refractivity contribution in [2.24, 2.45) is 5.73 Å². The lowest BCUT2D eigenvalue weighted by atomic mass is 9.83. The van der Waals surface area contributed by atoms with Crippen LogP contribution in [0.4, 0.5) is 0 Å². The second kappa shape index (κ2) is 3.86. The van der Waals surface area contributed by atoms with Crippen LogP contribution in [0.25, 0.3) is 0 Å². The van der Waals surface area contributed by atoms with Crippen LogP contribution in [0.1, 0.15) is 50.4 Å². The maximum absolute atomic E-state index is 9.89. The molecule has 1 unspecified atom stereocenters. The summed E-state index contributed by atoms with van der Waals surface area (Å²) in [5, 5.41) is 9.89. The van der Waals surface area contributed by atoms with E-state index in [1.54, 1.807) is 6.07 Å².